The third-order valence-electron chi connectivity index (χ3n) is 4.66. The van der Waals surface area contributed by atoms with Crippen LogP contribution in [0.3, 0.4) is 0 Å². The van der Waals surface area contributed by atoms with Gasteiger partial charge in [0.25, 0.3) is 5.56 Å². The van der Waals surface area contributed by atoms with Crippen LogP contribution in [-0.2, 0) is 27.6 Å². The second kappa shape index (κ2) is 6.34. The maximum absolute atomic E-state index is 13.0. The Morgan fingerprint density at radius 2 is 1.96 bits per heavy atom. The van der Waals surface area contributed by atoms with E-state index in [9.17, 15) is 13.2 Å². The van der Waals surface area contributed by atoms with E-state index in [2.05, 4.69) is 9.97 Å². The average Bonchev–Trinajstić information content (AvgIpc) is 2.61. The smallest absolute Gasteiger partial charge is 0.260 e. The van der Waals surface area contributed by atoms with Crippen molar-refractivity contribution in [2.45, 2.75) is 17.7 Å². The molecule has 2 aliphatic rings. The van der Waals surface area contributed by atoms with E-state index in [0.717, 1.165) is 5.56 Å². The van der Waals surface area contributed by atoms with Gasteiger partial charge in [-0.2, -0.15) is 4.31 Å². The minimum atomic E-state index is -3.79. The Bertz CT molecular complexity index is 1040. The van der Waals surface area contributed by atoms with Crippen LogP contribution in [0.2, 0.25) is 5.02 Å². The van der Waals surface area contributed by atoms with Gasteiger partial charge in [0, 0.05) is 13.1 Å². The van der Waals surface area contributed by atoms with Crippen LogP contribution in [0.15, 0.2) is 21.8 Å². The zero-order valence-corrected chi connectivity index (χ0v) is 15.4. The maximum atomic E-state index is 13.0. The predicted octanol–water partition coefficient (Wildman–Crippen LogP) is 0.792. The molecule has 0 radical (unpaired) electrons. The second-order valence-electron chi connectivity index (χ2n) is 6.23. The van der Waals surface area contributed by atoms with Crippen LogP contribution in [0.25, 0.3) is 11.1 Å². The summed E-state index contributed by atoms with van der Waals surface area (Å²) in [5, 5.41) is 0.151. The number of halogens is 1. The van der Waals surface area contributed by atoms with Crippen LogP contribution in [-0.4, -0.2) is 49.0 Å². The minimum absolute atomic E-state index is 0.0103. The van der Waals surface area contributed by atoms with Crippen molar-refractivity contribution in [1.82, 2.24) is 14.3 Å². The molecule has 0 amide bonds. The van der Waals surface area contributed by atoms with E-state index in [0.29, 0.717) is 42.9 Å². The van der Waals surface area contributed by atoms with Crippen LogP contribution in [0.1, 0.15) is 11.3 Å². The number of nitrogens with zero attached hydrogens (tertiary/aromatic N) is 2. The summed E-state index contributed by atoms with van der Waals surface area (Å²) in [6, 6.07) is 3.11. The summed E-state index contributed by atoms with van der Waals surface area (Å²) < 4.78 is 32.6. The highest BCUT2D eigenvalue weighted by Crippen LogP contribution is 2.36. The number of rotatable bonds is 2. The molecular weight excluding hydrogens is 380 g/mol. The summed E-state index contributed by atoms with van der Waals surface area (Å²) in [7, 11) is -3.79. The van der Waals surface area contributed by atoms with Gasteiger partial charge < -0.3 is 10.5 Å². The van der Waals surface area contributed by atoms with Gasteiger partial charge in [0.2, 0.25) is 16.0 Å². The number of aryl methyl sites for hydroxylation is 2. The summed E-state index contributed by atoms with van der Waals surface area (Å²) in [5.41, 5.74) is 7.52. The molecule has 0 bridgehead atoms. The molecule has 26 heavy (non-hydrogen) atoms. The van der Waals surface area contributed by atoms with Gasteiger partial charge in [0.05, 0.1) is 29.5 Å². The number of H-pyrrole nitrogens is 1. The van der Waals surface area contributed by atoms with Crippen molar-refractivity contribution in [3.63, 3.8) is 0 Å². The Morgan fingerprint density at radius 3 is 2.69 bits per heavy atom. The molecule has 1 aliphatic carbocycles. The lowest BCUT2D eigenvalue weighted by Gasteiger charge is -2.27. The molecule has 1 aromatic carbocycles. The Morgan fingerprint density at radius 1 is 1.23 bits per heavy atom. The molecule has 1 aliphatic heterocycles. The normalized spacial score (nSPS) is 17.6. The minimum Gasteiger partial charge on any atom is -0.379 e. The number of aromatic amines is 1. The second-order valence-corrected chi connectivity index (χ2v) is 8.54. The fraction of sp³-hybridized carbons (Fsp3) is 0.375. The molecule has 10 heteroatoms. The number of ether oxygens (including phenoxy) is 1. The number of sulfonamides is 1. The SMILES string of the molecule is Nc1nc2c(c(=O)[nH]1)-c1cc(S(=O)(=O)N3CCOCC3)c(Cl)cc1CC2. The molecule has 8 nitrogen and oxygen atoms in total. The highest BCUT2D eigenvalue weighted by molar-refractivity contribution is 7.89. The van der Waals surface area contributed by atoms with E-state index in [1.165, 1.54) is 10.4 Å². The van der Waals surface area contributed by atoms with E-state index >= 15 is 0 Å². The molecule has 0 spiro atoms. The Balaban J connectivity index is 1.89. The van der Waals surface area contributed by atoms with Crippen molar-refractivity contribution in [2.75, 3.05) is 32.0 Å². The molecule has 1 saturated heterocycles. The molecule has 4 rings (SSSR count). The van der Waals surface area contributed by atoms with Gasteiger partial charge in [0.15, 0.2) is 0 Å². The molecule has 0 atom stereocenters. The fourth-order valence-corrected chi connectivity index (χ4v) is 5.37. The van der Waals surface area contributed by atoms with Crippen molar-refractivity contribution in [2.24, 2.45) is 0 Å². The van der Waals surface area contributed by atoms with E-state index in [1.54, 1.807) is 6.07 Å². The highest BCUT2D eigenvalue weighted by Gasteiger charge is 2.31. The Labute approximate surface area is 155 Å². The van der Waals surface area contributed by atoms with Gasteiger partial charge in [-0.3, -0.25) is 9.78 Å². The predicted molar refractivity (Wildman–Crippen MR) is 96.7 cm³/mol. The summed E-state index contributed by atoms with van der Waals surface area (Å²) in [6.45, 7) is 1.22. The molecular formula is C16H17ClN4O4S. The number of morpholine rings is 1. The molecule has 0 saturated carbocycles. The highest BCUT2D eigenvalue weighted by atomic mass is 35.5. The molecule has 3 N–H and O–H groups in total. The number of anilines is 1. The van der Waals surface area contributed by atoms with Crippen molar-refractivity contribution in [3.05, 3.63) is 38.8 Å². The van der Waals surface area contributed by atoms with Gasteiger partial charge in [0.1, 0.15) is 4.90 Å². The molecule has 2 heterocycles. The standard InChI is InChI=1S/C16H17ClN4O4S/c17-11-7-9-1-2-12-14(15(22)20-16(18)19-12)10(9)8-13(11)26(23,24)21-3-5-25-6-4-21/h7-8H,1-6H2,(H3,18,19,20,22). The maximum Gasteiger partial charge on any atom is 0.260 e. The molecule has 1 aromatic heterocycles. The molecule has 1 fully saturated rings. The summed E-state index contributed by atoms with van der Waals surface area (Å²) in [5.74, 6) is 0.0484. The lowest BCUT2D eigenvalue weighted by Crippen LogP contribution is -2.40. The van der Waals surface area contributed by atoms with Crippen LogP contribution >= 0.6 is 11.6 Å². The van der Waals surface area contributed by atoms with E-state index in [4.69, 9.17) is 22.1 Å². The van der Waals surface area contributed by atoms with Gasteiger partial charge in [-0.25, -0.2) is 13.4 Å². The third kappa shape index (κ3) is 2.81. The number of nitrogens with two attached hydrogens (primary N) is 1. The first-order chi connectivity index (χ1) is 12.4. The monoisotopic (exact) mass is 396 g/mol. The first-order valence-corrected chi connectivity index (χ1v) is 9.99. The van der Waals surface area contributed by atoms with Crippen LogP contribution in [0.4, 0.5) is 5.95 Å². The molecule has 2 aromatic rings. The van der Waals surface area contributed by atoms with Gasteiger partial charge in [-0.05, 0) is 36.1 Å². The quantitative estimate of drug-likeness (QED) is 0.774. The number of aromatic nitrogens is 2. The van der Waals surface area contributed by atoms with Crippen molar-refractivity contribution in [1.29, 1.82) is 0 Å². The lowest BCUT2D eigenvalue weighted by molar-refractivity contribution is 0.0730. The number of nitrogen functional groups attached to an aromatic ring is 1. The van der Waals surface area contributed by atoms with E-state index in [-0.39, 0.29) is 34.5 Å². The lowest BCUT2D eigenvalue weighted by atomic mass is 9.89. The summed E-state index contributed by atoms with van der Waals surface area (Å²) in [6.07, 6.45) is 1.15. The van der Waals surface area contributed by atoms with Crippen LogP contribution in [0, 0.1) is 0 Å². The van der Waals surface area contributed by atoms with Crippen molar-refractivity contribution >= 4 is 27.6 Å². The first-order valence-electron chi connectivity index (χ1n) is 8.17. The summed E-state index contributed by atoms with van der Waals surface area (Å²) >= 11 is 6.30. The third-order valence-corrected chi connectivity index (χ3v) is 7.02. The number of hydrogen-bond acceptors (Lipinski definition) is 6. The topological polar surface area (TPSA) is 118 Å². The molecule has 0 unspecified atom stereocenters. The largest absolute Gasteiger partial charge is 0.379 e. The van der Waals surface area contributed by atoms with Crippen LogP contribution in [0.5, 0.6) is 0 Å². The van der Waals surface area contributed by atoms with E-state index < -0.39 is 10.0 Å². The van der Waals surface area contributed by atoms with Gasteiger partial charge in [-0.1, -0.05) is 11.6 Å². The van der Waals surface area contributed by atoms with Crippen molar-refractivity contribution in [3.8, 4) is 11.1 Å². The fourth-order valence-electron chi connectivity index (χ4n) is 3.41. The number of fused-ring (bicyclic) bond motifs is 3. The summed E-state index contributed by atoms with van der Waals surface area (Å²) in [4.78, 5) is 19.1. The number of hydrogen-bond donors (Lipinski definition) is 2. The number of nitrogens with one attached hydrogen (secondary N) is 1. The average molecular weight is 397 g/mol. The van der Waals surface area contributed by atoms with Gasteiger partial charge in [-0.15, -0.1) is 0 Å². The Kier molecular flexibility index (Phi) is 4.26. The first kappa shape index (κ1) is 17.5. The van der Waals surface area contributed by atoms with Crippen LogP contribution < -0.4 is 11.3 Å². The number of benzene rings is 1. The van der Waals surface area contributed by atoms with Crippen molar-refractivity contribution < 1.29 is 13.2 Å². The Hall–Kier alpha value is -1.94. The zero-order chi connectivity index (χ0) is 18.5. The van der Waals surface area contributed by atoms with E-state index in [1.807, 2.05) is 0 Å². The molecule has 138 valence electrons. The van der Waals surface area contributed by atoms with Gasteiger partial charge >= 0.3 is 0 Å². The zero-order valence-electron chi connectivity index (χ0n) is 13.8.